The molecule has 7 heteroatoms. The van der Waals surface area contributed by atoms with Gasteiger partial charge in [-0.1, -0.05) is 50.1 Å². The predicted molar refractivity (Wildman–Crippen MR) is 108 cm³/mol. The molecule has 2 unspecified atom stereocenters. The predicted octanol–water partition coefficient (Wildman–Crippen LogP) is 2.91. The first-order valence-corrected chi connectivity index (χ1v) is 12.0. The van der Waals surface area contributed by atoms with E-state index in [9.17, 15) is 9.59 Å². The Morgan fingerprint density at radius 3 is 1.89 bits per heavy atom. The van der Waals surface area contributed by atoms with Gasteiger partial charge in [-0.25, -0.2) is 23.5 Å². The average Bonchev–Trinajstić information content (AvgIpc) is 3.56. The van der Waals surface area contributed by atoms with E-state index in [2.05, 4.69) is 31.9 Å². The van der Waals surface area contributed by atoms with Crippen LogP contribution in [0.2, 0.25) is 0 Å². The molecule has 142 valence electrons. The molecule has 0 saturated heterocycles. The molecule has 0 amide bonds. The lowest BCUT2D eigenvalue weighted by atomic mass is 9.65. The highest BCUT2D eigenvalue weighted by Crippen LogP contribution is 3.06. The molecule has 10 atom stereocenters. The number of hydrogen-bond donors (Lipinski definition) is 0. The fourth-order valence-corrected chi connectivity index (χ4v) is 11.5. The SMILES string of the molecule is O=c1n(-c2ccccc2)c(=O)n2n1[C@@H]1[C@@H]3C4C5[C@@]16C[C@H]1[C@@H](C[C@]56[C@H]2[C@@H]43)C1(Br)Br. The van der Waals surface area contributed by atoms with Gasteiger partial charge in [0.1, 0.15) is 0 Å². The number of aromatic nitrogens is 3. The molecule has 28 heavy (non-hydrogen) atoms. The van der Waals surface area contributed by atoms with Crippen molar-refractivity contribution < 1.29 is 0 Å². The molecule has 10 rings (SSSR count). The van der Waals surface area contributed by atoms with Crippen molar-refractivity contribution in [2.45, 2.75) is 28.2 Å². The summed E-state index contributed by atoms with van der Waals surface area (Å²) in [6, 6.07) is 9.95. The van der Waals surface area contributed by atoms with Crippen molar-refractivity contribution in [1.82, 2.24) is 13.9 Å². The second kappa shape index (κ2) is 3.70. The molecule has 2 aliphatic heterocycles. The standard InChI is InChI=1S/C21H17Br2N3O2/c22-21(23)9-6-19-14-11-12-13(11)16(20(14,19)7-10(9)21)26-18(28)24(8-4-2-1-3-5-8)17(27)25(26)15(12)19/h1-5,9-16H,6-7H2/t9-,10+,11?,12+,13-,14?,15-,16-,19-,20+/m1/s1. The molecule has 5 nitrogen and oxygen atoms in total. The first kappa shape index (κ1) is 14.8. The van der Waals surface area contributed by atoms with E-state index in [1.54, 1.807) is 0 Å². The van der Waals surface area contributed by atoms with Crippen LogP contribution in [-0.4, -0.2) is 17.2 Å². The van der Waals surface area contributed by atoms with Crippen LogP contribution in [0.3, 0.4) is 0 Å². The molecular formula is C21H17Br2N3O2. The molecule has 2 aromatic rings. The molecule has 6 aliphatic carbocycles. The van der Waals surface area contributed by atoms with Crippen LogP contribution in [0.4, 0.5) is 0 Å². The van der Waals surface area contributed by atoms with Crippen LogP contribution >= 0.6 is 31.9 Å². The van der Waals surface area contributed by atoms with Gasteiger partial charge in [-0.3, -0.25) is 0 Å². The van der Waals surface area contributed by atoms with Crippen LogP contribution in [0.5, 0.6) is 0 Å². The first-order chi connectivity index (χ1) is 13.5. The zero-order valence-electron chi connectivity index (χ0n) is 14.8. The maximum Gasteiger partial charge on any atom is 0.352 e. The molecule has 2 bridgehead atoms. The van der Waals surface area contributed by atoms with Gasteiger partial charge in [-0.05, 0) is 60.5 Å². The van der Waals surface area contributed by atoms with E-state index in [1.165, 1.54) is 17.4 Å². The van der Waals surface area contributed by atoms with Gasteiger partial charge in [0.2, 0.25) is 0 Å². The van der Waals surface area contributed by atoms with E-state index in [-0.39, 0.29) is 37.5 Å². The Labute approximate surface area is 176 Å². The number of halogens is 2. The number of rotatable bonds is 1. The third kappa shape index (κ3) is 1.06. The zero-order valence-corrected chi connectivity index (χ0v) is 18.0. The average molecular weight is 503 g/mol. The normalized spacial score (nSPS) is 55.4. The Kier molecular flexibility index (Phi) is 1.96. The molecule has 1 aromatic heterocycles. The van der Waals surface area contributed by atoms with E-state index in [0.717, 1.165) is 11.8 Å². The largest absolute Gasteiger partial charge is 0.352 e. The molecular weight excluding hydrogens is 486 g/mol. The number of fused-ring (bicyclic) bond motifs is 1. The molecule has 6 fully saturated rings. The summed E-state index contributed by atoms with van der Waals surface area (Å²) in [7, 11) is 0. The lowest BCUT2D eigenvalue weighted by molar-refractivity contribution is -0.0268. The van der Waals surface area contributed by atoms with Crippen LogP contribution in [0.25, 0.3) is 5.69 Å². The van der Waals surface area contributed by atoms with E-state index in [1.807, 2.05) is 39.7 Å². The van der Waals surface area contributed by atoms with E-state index >= 15 is 0 Å². The van der Waals surface area contributed by atoms with Crippen LogP contribution in [0.15, 0.2) is 39.9 Å². The quantitative estimate of drug-likeness (QED) is 0.563. The van der Waals surface area contributed by atoms with Crippen molar-refractivity contribution in [1.29, 1.82) is 0 Å². The monoisotopic (exact) mass is 501 g/mol. The van der Waals surface area contributed by atoms with E-state index in [4.69, 9.17) is 0 Å². The lowest BCUT2D eigenvalue weighted by Crippen LogP contribution is -2.53. The smallest absolute Gasteiger partial charge is 0.245 e. The number of nitrogens with zero attached hydrogens (tertiary/aromatic N) is 3. The minimum Gasteiger partial charge on any atom is -0.245 e. The highest BCUT2D eigenvalue weighted by atomic mass is 79.9. The van der Waals surface area contributed by atoms with Crippen molar-refractivity contribution in [3.05, 3.63) is 51.3 Å². The van der Waals surface area contributed by atoms with E-state index < -0.39 is 0 Å². The lowest BCUT2D eigenvalue weighted by Gasteiger charge is -2.50. The number of alkyl halides is 2. The maximum atomic E-state index is 13.5. The van der Waals surface area contributed by atoms with Crippen LogP contribution in [0.1, 0.15) is 24.9 Å². The summed E-state index contributed by atoms with van der Waals surface area (Å²) >= 11 is 7.86. The van der Waals surface area contributed by atoms with Crippen molar-refractivity contribution >= 4 is 31.9 Å². The summed E-state index contributed by atoms with van der Waals surface area (Å²) < 4.78 is 5.38. The Morgan fingerprint density at radius 2 is 1.36 bits per heavy atom. The molecule has 2 spiro atoms. The second-order valence-electron chi connectivity index (χ2n) is 10.4. The van der Waals surface area contributed by atoms with Crippen LogP contribution in [-0.2, 0) is 0 Å². The summed E-state index contributed by atoms with van der Waals surface area (Å²) in [6.07, 6.45) is 2.44. The summed E-state index contributed by atoms with van der Waals surface area (Å²) in [6.45, 7) is 0. The molecule has 3 heterocycles. The van der Waals surface area contributed by atoms with E-state index in [0.29, 0.717) is 29.4 Å². The first-order valence-electron chi connectivity index (χ1n) is 10.4. The number of benzene rings is 1. The maximum absolute atomic E-state index is 13.5. The van der Waals surface area contributed by atoms with Gasteiger partial charge in [-0.15, -0.1) is 0 Å². The topological polar surface area (TPSA) is 48.9 Å². The van der Waals surface area contributed by atoms with Crippen molar-refractivity contribution in [2.24, 2.45) is 46.3 Å². The third-order valence-corrected chi connectivity index (χ3v) is 12.6. The minimum absolute atomic E-state index is 0.0980. The van der Waals surface area contributed by atoms with Gasteiger partial charge < -0.3 is 0 Å². The second-order valence-corrected chi connectivity index (χ2v) is 14.1. The van der Waals surface area contributed by atoms with Gasteiger partial charge in [0.15, 0.2) is 0 Å². The van der Waals surface area contributed by atoms with Gasteiger partial charge in [-0.2, -0.15) is 0 Å². The fourth-order valence-electron chi connectivity index (χ4n) is 9.81. The number of para-hydroxylation sites is 1. The molecule has 0 radical (unpaired) electrons. The summed E-state index contributed by atoms with van der Waals surface area (Å²) in [5, 5.41) is 0. The fraction of sp³-hybridized carbons (Fsp3) is 0.619. The Balaban J connectivity index is 1.33. The van der Waals surface area contributed by atoms with Crippen LogP contribution in [0, 0.1) is 46.3 Å². The summed E-state index contributed by atoms with van der Waals surface area (Å²) in [4.78, 5) is 27.1. The summed E-state index contributed by atoms with van der Waals surface area (Å²) in [5.74, 6) is 4.20. The van der Waals surface area contributed by atoms with Gasteiger partial charge in [0.05, 0.1) is 21.0 Å². The van der Waals surface area contributed by atoms with Crippen molar-refractivity contribution in [3.8, 4) is 5.69 Å². The Morgan fingerprint density at radius 1 is 0.821 bits per heavy atom. The zero-order chi connectivity index (χ0) is 18.5. The minimum atomic E-state index is -0.118. The Hall–Kier alpha value is -1.08. The highest BCUT2D eigenvalue weighted by Gasteiger charge is 3.05. The van der Waals surface area contributed by atoms with Crippen LogP contribution < -0.4 is 11.4 Å². The van der Waals surface area contributed by atoms with Crippen molar-refractivity contribution in [3.63, 3.8) is 0 Å². The van der Waals surface area contributed by atoms with Gasteiger partial charge >= 0.3 is 11.4 Å². The molecule has 8 aliphatic rings. The number of hydrogen-bond acceptors (Lipinski definition) is 2. The third-order valence-electron chi connectivity index (χ3n) is 10.3. The highest BCUT2D eigenvalue weighted by molar-refractivity contribution is 9.25. The van der Waals surface area contributed by atoms with Gasteiger partial charge in [0.25, 0.3) is 0 Å². The molecule has 1 aromatic carbocycles. The van der Waals surface area contributed by atoms with Gasteiger partial charge in [0, 0.05) is 10.8 Å². The molecule has 0 N–H and O–H groups in total. The van der Waals surface area contributed by atoms with Crippen molar-refractivity contribution in [2.75, 3.05) is 0 Å². The Bertz CT molecular complexity index is 1200. The molecule has 6 saturated carbocycles. The summed E-state index contributed by atoms with van der Waals surface area (Å²) in [5.41, 5.74) is 1.03.